The highest BCUT2D eigenvalue weighted by Crippen LogP contribution is 2.49. The van der Waals surface area contributed by atoms with E-state index in [2.05, 4.69) is 4.99 Å². The number of benzene rings is 1. The van der Waals surface area contributed by atoms with Crippen molar-refractivity contribution in [1.82, 2.24) is 4.90 Å². The van der Waals surface area contributed by atoms with Gasteiger partial charge >= 0.3 is 6.03 Å². The molecule has 1 aromatic carbocycles. The number of rotatable bonds is 2. The maximum Gasteiger partial charge on any atom is 0.346 e. The Morgan fingerprint density at radius 3 is 2.81 bits per heavy atom. The van der Waals surface area contributed by atoms with E-state index < -0.39 is 11.1 Å². The van der Waals surface area contributed by atoms with Crippen molar-refractivity contribution in [2.75, 3.05) is 6.54 Å². The number of fused-ring (bicyclic) bond motifs is 2. The van der Waals surface area contributed by atoms with Crippen molar-refractivity contribution in [3.05, 3.63) is 29.8 Å². The summed E-state index contributed by atoms with van der Waals surface area (Å²) < 4.78 is 6.07. The van der Waals surface area contributed by atoms with Crippen LogP contribution in [0.2, 0.25) is 0 Å². The third kappa shape index (κ3) is 1.91. The minimum absolute atomic E-state index is 0.248. The molecule has 2 heterocycles. The van der Waals surface area contributed by atoms with Gasteiger partial charge in [0.1, 0.15) is 22.7 Å². The molecule has 5 heteroatoms. The molecule has 2 N–H and O–H groups in total. The second-order valence-electron chi connectivity index (χ2n) is 6.33. The number of hydrogen-bond acceptors (Lipinski definition) is 3. The lowest BCUT2D eigenvalue weighted by molar-refractivity contribution is 0.0233. The molecule has 1 atom stereocenters. The van der Waals surface area contributed by atoms with Gasteiger partial charge in [-0.1, -0.05) is 25.1 Å². The van der Waals surface area contributed by atoms with Crippen LogP contribution < -0.4 is 10.5 Å². The van der Waals surface area contributed by atoms with Gasteiger partial charge in [0.15, 0.2) is 0 Å². The van der Waals surface area contributed by atoms with Crippen molar-refractivity contribution in [2.45, 2.75) is 44.8 Å². The fourth-order valence-corrected chi connectivity index (χ4v) is 3.48. The number of hydrogen-bond donors (Lipinski definition) is 1. The molecule has 0 radical (unpaired) electrons. The van der Waals surface area contributed by atoms with Crippen LogP contribution in [0.4, 0.5) is 4.79 Å². The zero-order valence-corrected chi connectivity index (χ0v) is 12.7. The largest absolute Gasteiger partial charge is 0.487 e. The molecule has 3 rings (SSSR count). The molecule has 0 bridgehead atoms. The Balaban J connectivity index is 2.23. The van der Waals surface area contributed by atoms with Gasteiger partial charge in [-0.05, 0) is 26.3 Å². The third-order valence-corrected chi connectivity index (χ3v) is 4.18. The van der Waals surface area contributed by atoms with Crippen LogP contribution in [0, 0.1) is 0 Å². The molecule has 21 heavy (non-hydrogen) atoms. The van der Waals surface area contributed by atoms with Crippen LogP contribution >= 0.6 is 0 Å². The molecule has 0 fully saturated rings. The molecule has 112 valence electrons. The number of aliphatic imine (C=N–C) groups is 1. The lowest BCUT2D eigenvalue weighted by atomic mass is 9.76. The number of nitrogens with zero attached hydrogens (tertiary/aromatic N) is 2. The molecule has 1 unspecified atom stereocenters. The molecule has 2 aliphatic heterocycles. The van der Waals surface area contributed by atoms with E-state index in [1.807, 2.05) is 45.0 Å². The molecule has 1 spiro atoms. The van der Waals surface area contributed by atoms with E-state index in [1.165, 1.54) is 0 Å². The van der Waals surface area contributed by atoms with Gasteiger partial charge < -0.3 is 15.4 Å². The van der Waals surface area contributed by atoms with Crippen molar-refractivity contribution in [1.29, 1.82) is 0 Å². The van der Waals surface area contributed by atoms with E-state index in [9.17, 15) is 4.79 Å². The van der Waals surface area contributed by atoms with Crippen LogP contribution in [0.1, 0.15) is 39.2 Å². The quantitative estimate of drug-likeness (QED) is 0.909. The third-order valence-electron chi connectivity index (χ3n) is 4.18. The van der Waals surface area contributed by atoms with Gasteiger partial charge in [-0.15, -0.1) is 0 Å². The summed E-state index contributed by atoms with van der Waals surface area (Å²) >= 11 is 0. The first-order valence-corrected chi connectivity index (χ1v) is 7.35. The second kappa shape index (κ2) is 4.48. The number of ether oxygens (including phenoxy) is 1. The fraction of sp³-hybridized carbons (Fsp3) is 0.500. The molecule has 2 aliphatic rings. The minimum atomic E-state index is -0.675. The van der Waals surface area contributed by atoms with Gasteiger partial charge in [0.25, 0.3) is 0 Å². The Hall–Kier alpha value is -2.04. The molecule has 0 aliphatic carbocycles. The molecule has 0 saturated heterocycles. The Morgan fingerprint density at radius 1 is 1.38 bits per heavy atom. The van der Waals surface area contributed by atoms with Crippen molar-refractivity contribution < 1.29 is 9.53 Å². The topological polar surface area (TPSA) is 67.9 Å². The molecule has 1 aromatic rings. The zero-order valence-electron chi connectivity index (χ0n) is 12.7. The first kappa shape index (κ1) is 13.9. The summed E-state index contributed by atoms with van der Waals surface area (Å²) in [6, 6.07) is 7.54. The summed E-state index contributed by atoms with van der Waals surface area (Å²) in [4.78, 5) is 18.1. The summed E-state index contributed by atoms with van der Waals surface area (Å²) in [6.45, 7) is 6.72. The standard InChI is InChI=1S/C16H21N3O2/c1-4-9-19-14(20)18-13(17)16(19)10-15(2,3)21-12-8-6-5-7-11(12)16/h5-8H,4,9-10H2,1-3H3,(H2,17,18,20). The normalized spacial score (nSPS) is 26.5. The number of carbonyl (C=O) groups is 1. The average Bonchev–Trinajstić information content (AvgIpc) is 2.63. The van der Waals surface area contributed by atoms with E-state index in [0.717, 1.165) is 17.7 Å². The van der Waals surface area contributed by atoms with Gasteiger partial charge in [-0.25, -0.2) is 4.79 Å². The first-order valence-electron chi connectivity index (χ1n) is 7.35. The monoisotopic (exact) mass is 287 g/mol. The Labute approximate surface area is 124 Å². The maximum absolute atomic E-state index is 12.3. The smallest absolute Gasteiger partial charge is 0.346 e. The summed E-state index contributed by atoms with van der Waals surface area (Å²) in [7, 11) is 0. The van der Waals surface area contributed by atoms with Gasteiger partial charge in [-0.3, -0.25) is 0 Å². The Kier molecular flexibility index (Phi) is 2.97. The fourth-order valence-electron chi connectivity index (χ4n) is 3.48. The van der Waals surface area contributed by atoms with Gasteiger partial charge in [0.2, 0.25) is 0 Å². The van der Waals surface area contributed by atoms with Crippen LogP contribution in [-0.4, -0.2) is 28.9 Å². The number of amidine groups is 1. The highest BCUT2D eigenvalue weighted by Gasteiger charge is 2.56. The predicted octanol–water partition coefficient (Wildman–Crippen LogP) is 2.65. The summed E-state index contributed by atoms with van der Waals surface area (Å²) in [5.41, 5.74) is 6.07. The number of para-hydroxylation sites is 1. The van der Waals surface area contributed by atoms with E-state index >= 15 is 0 Å². The molecular weight excluding hydrogens is 266 g/mol. The van der Waals surface area contributed by atoms with E-state index in [1.54, 1.807) is 4.90 Å². The van der Waals surface area contributed by atoms with Crippen LogP contribution in [0.25, 0.3) is 0 Å². The van der Waals surface area contributed by atoms with Gasteiger partial charge in [0.05, 0.1) is 0 Å². The average molecular weight is 287 g/mol. The van der Waals surface area contributed by atoms with Crippen molar-refractivity contribution in [2.24, 2.45) is 10.7 Å². The summed E-state index contributed by atoms with van der Waals surface area (Å²) in [5, 5.41) is 0. The number of nitrogens with two attached hydrogens (primary N) is 1. The molecule has 5 nitrogen and oxygen atoms in total. The van der Waals surface area contributed by atoms with Crippen molar-refractivity contribution >= 4 is 11.9 Å². The molecule has 0 saturated carbocycles. The Morgan fingerprint density at radius 2 is 2.10 bits per heavy atom. The Bertz CT molecular complexity index is 624. The van der Waals surface area contributed by atoms with Gasteiger partial charge in [-0.2, -0.15) is 4.99 Å². The highest BCUT2D eigenvalue weighted by atomic mass is 16.5. The van der Waals surface area contributed by atoms with E-state index in [-0.39, 0.29) is 6.03 Å². The number of carbonyl (C=O) groups excluding carboxylic acids is 1. The summed E-state index contributed by atoms with van der Waals surface area (Å²) in [5.74, 6) is 1.16. The first-order chi connectivity index (χ1) is 9.90. The zero-order chi connectivity index (χ0) is 15.3. The van der Waals surface area contributed by atoms with E-state index in [4.69, 9.17) is 10.5 Å². The molecule has 2 amide bonds. The lowest BCUT2D eigenvalue weighted by Crippen LogP contribution is -2.58. The predicted molar refractivity (Wildman–Crippen MR) is 81.5 cm³/mol. The SMILES string of the molecule is CCCN1C(=O)N=C(N)C12CC(C)(C)Oc1ccccc12. The van der Waals surface area contributed by atoms with Crippen LogP contribution in [0.5, 0.6) is 5.75 Å². The van der Waals surface area contributed by atoms with Crippen molar-refractivity contribution in [3.63, 3.8) is 0 Å². The van der Waals surface area contributed by atoms with Crippen LogP contribution in [0.15, 0.2) is 29.3 Å². The highest BCUT2D eigenvalue weighted by molar-refractivity contribution is 6.06. The van der Waals surface area contributed by atoms with Crippen LogP contribution in [-0.2, 0) is 5.54 Å². The lowest BCUT2D eigenvalue weighted by Gasteiger charge is -2.47. The van der Waals surface area contributed by atoms with Gasteiger partial charge in [0, 0.05) is 18.5 Å². The van der Waals surface area contributed by atoms with E-state index in [0.29, 0.717) is 18.8 Å². The molecule has 0 aromatic heterocycles. The molecular formula is C16H21N3O2. The second-order valence-corrected chi connectivity index (χ2v) is 6.33. The number of urea groups is 1. The van der Waals surface area contributed by atoms with Crippen molar-refractivity contribution in [3.8, 4) is 5.75 Å². The summed E-state index contributed by atoms with van der Waals surface area (Å²) in [6.07, 6.45) is 1.47. The number of amides is 2. The minimum Gasteiger partial charge on any atom is -0.487 e. The maximum atomic E-state index is 12.3. The van der Waals surface area contributed by atoms with Crippen LogP contribution in [0.3, 0.4) is 0 Å².